The van der Waals surface area contributed by atoms with Gasteiger partial charge in [-0.3, -0.25) is 20.0 Å². The van der Waals surface area contributed by atoms with E-state index in [4.69, 9.17) is 20.9 Å². The van der Waals surface area contributed by atoms with Crippen LogP contribution in [-0.4, -0.2) is 47.1 Å². The van der Waals surface area contributed by atoms with Crippen LogP contribution in [0.25, 0.3) is 0 Å². The van der Waals surface area contributed by atoms with Crippen LogP contribution in [0.2, 0.25) is 0 Å². The smallest absolute Gasteiger partial charge is 0.275 e. The monoisotopic (exact) mass is 573 g/mol. The molecule has 1 spiro atoms. The highest BCUT2D eigenvalue weighted by Crippen LogP contribution is 2.48. The van der Waals surface area contributed by atoms with Gasteiger partial charge in [0, 0.05) is 11.1 Å². The van der Waals surface area contributed by atoms with Gasteiger partial charge >= 0.3 is 0 Å². The van der Waals surface area contributed by atoms with Gasteiger partial charge in [0.2, 0.25) is 0 Å². The Morgan fingerprint density at radius 2 is 1.74 bits per heavy atom. The van der Waals surface area contributed by atoms with Crippen molar-refractivity contribution in [3.05, 3.63) is 65.2 Å². The van der Waals surface area contributed by atoms with Gasteiger partial charge in [-0.1, -0.05) is 53.7 Å². The third-order valence-corrected chi connectivity index (χ3v) is 8.29. The number of nitrogens with one attached hydrogen (secondary N) is 2. The summed E-state index contributed by atoms with van der Waals surface area (Å²) in [7, 11) is 0. The molecule has 4 rings (SSSR count). The Balaban J connectivity index is 1.62. The first-order chi connectivity index (χ1) is 19.8. The van der Waals surface area contributed by atoms with Crippen LogP contribution < -0.4 is 15.8 Å². The highest BCUT2D eigenvalue weighted by atomic mass is 16.5. The molecule has 3 atom stereocenters. The van der Waals surface area contributed by atoms with Gasteiger partial charge in [-0.05, 0) is 91.3 Å². The van der Waals surface area contributed by atoms with Crippen molar-refractivity contribution in [1.29, 1.82) is 5.41 Å². The molecular weight excluding hydrogens is 526 g/mol. The van der Waals surface area contributed by atoms with Gasteiger partial charge in [0.15, 0.2) is 0 Å². The van der Waals surface area contributed by atoms with Crippen molar-refractivity contribution in [2.45, 2.75) is 85.4 Å². The van der Waals surface area contributed by atoms with Gasteiger partial charge in [-0.2, -0.15) is 0 Å². The summed E-state index contributed by atoms with van der Waals surface area (Å²) < 4.78 is 5.97. The summed E-state index contributed by atoms with van der Waals surface area (Å²) in [5, 5.41) is 9.99. The fourth-order valence-electron chi connectivity index (χ4n) is 6.46. The first-order valence-corrected chi connectivity index (χ1v) is 15.2. The zero-order valence-corrected chi connectivity index (χ0v) is 26.0. The molecule has 8 heteroatoms. The van der Waals surface area contributed by atoms with Crippen LogP contribution in [0.3, 0.4) is 0 Å². The van der Waals surface area contributed by atoms with Crippen LogP contribution in [0.15, 0.2) is 53.5 Å². The zero-order valence-electron chi connectivity index (χ0n) is 26.0. The van der Waals surface area contributed by atoms with Crippen LogP contribution in [0, 0.1) is 22.7 Å². The SMILES string of the molecule is CCC(c1ccc(C(=O)NCC(=N)N)cc1)N1C(=O)C(c2ccc(OCCC(C)(C)C)cc2)=NC12CC(C)CC(C)C2. The van der Waals surface area contributed by atoms with Gasteiger partial charge in [-0.25, -0.2) is 0 Å². The number of benzene rings is 2. The maximum atomic E-state index is 14.3. The first-order valence-electron chi connectivity index (χ1n) is 15.2. The molecule has 0 bridgehead atoms. The van der Waals surface area contributed by atoms with Crippen LogP contribution in [-0.2, 0) is 4.79 Å². The molecule has 1 saturated carbocycles. The van der Waals surface area contributed by atoms with E-state index in [0.29, 0.717) is 29.7 Å². The largest absolute Gasteiger partial charge is 0.494 e. The molecule has 2 aromatic rings. The number of rotatable bonds is 10. The predicted molar refractivity (Wildman–Crippen MR) is 168 cm³/mol. The minimum Gasteiger partial charge on any atom is -0.494 e. The van der Waals surface area contributed by atoms with Gasteiger partial charge < -0.3 is 20.7 Å². The lowest BCUT2D eigenvalue weighted by molar-refractivity contribution is -0.134. The van der Waals surface area contributed by atoms with Crippen LogP contribution in [0.5, 0.6) is 5.75 Å². The van der Waals surface area contributed by atoms with Crippen molar-refractivity contribution in [2.75, 3.05) is 13.2 Å². The average molecular weight is 574 g/mol. The molecule has 2 aromatic carbocycles. The van der Waals surface area contributed by atoms with Crippen LogP contribution in [0.4, 0.5) is 0 Å². The number of nitrogens with zero attached hydrogens (tertiary/aromatic N) is 2. The standard InChI is InChI=1S/C34H47N5O3/c1-7-28(24-8-10-26(11-9-24)31(40)37-21-29(35)36)39-32(41)30(38-34(39)19-22(2)18-23(3)20-34)25-12-14-27(15-13-25)42-17-16-33(4,5)6/h8-15,22-23,28H,7,16-21H2,1-6H3,(H3,35,36)(H,37,40). The second kappa shape index (κ2) is 12.7. The molecule has 1 fully saturated rings. The molecule has 3 unspecified atom stereocenters. The molecule has 1 heterocycles. The van der Waals surface area contributed by atoms with E-state index in [1.165, 1.54) is 0 Å². The molecule has 42 heavy (non-hydrogen) atoms. The molecule has 4 N–H and O–H groups in total. The lowest BCUT2D eigenvalue weighted by atomic mass is 9.75. The normalized spacial score (nSPS) is 23.0. The minimum absolute atomic E-state index is 0.00345. The van der Waals surface area contributed by atoms with Crippen LogP contribution in [0.1, 0.15) is 101 Å². The average Bonchev–Trinajstić information content (AvgIpc) is 3.17. The summed E-state index contributed by atoms with van der Waals surface area (Å²) >= 11 is 0. The molecule has 1 aliphatic carbocycles. The number of nitrogens with two attached hydrogens (primary N) is 1. The van der Waals surface area contributed by atoms with Crippen molar-refractivity contribution in [3.63, 3.8) is 0 Å². The third-order valence-electron chi connectivity index (χ3n) is 8.29. The van der Waals surface area contributed by atoms with E-state index in [9.17, 15) is 9.59 Å². The second-order valence-corrected chi connectivity index (χ2v) is 13.4. The minimum atomic E-state index is -0.608. The number of aliphatic imine (C=N–C) groups is 1. The number of carbonyl (C=O) groups is 2. The third kappa shape index (κ3) is 7.20. The highest BCUT2D eigenvalue weighted by Gasteiger charge is 2.52. The fraction of sp³-hybridized carbons (Fsp3) is 0.529. The molecular formula is C34H47N5O3. The van der Waals surface area contributed by atoms with Crippen molar-refractivity contribution < 1.29 is 14.3 Å². The predicted octanol–water partition coefficient (Wildman–Crippen LogP) is 6.10. The summed E-state index contributed by atoms with van der Waals surface area (Å²) in [4.78, 5) is 34.1. The van der Waals surface area contributed by atoms with Gasteiger partial charge in [-0.15, -0.1) is 0 Å². The fourth-order valence-corrected chi connectivity index (χ4v) is 6.46. The Bertz CT molecular complexity index is 1300. The number of hydrogen-bond acceptors (Lipinski definition) is 5. The first kappa shape index (κ1) is 31.3. The number of carbonyl (C=O) groups excluding carboxylic acids is 2. The lowest BCUT2D eigenvalue weighted by Crippen LogP contribution is -2.52. The molecule has 0 radical (unpaired) electrons. The summed E-state index contributed by atoms with van der Waals surface area (Å²) in [6, 6.07) is 15.0. The van der Waals surface area contributed by atoms with Crippen molar-refractivity contribution in [1.82, 2.24) is 10.2 Å². The number of amides is 2. The Labute approximate surface area is 250 Å². The Morgan fingerprint density at radius 3 is 2.29 bits per heavy atom. The topological polar surface area (TPSA) is 121 Å². The van der Waals surface area contributed by atoms with E-state index in [0.717, 1.165) is 49.0 Å². The Hall–Kier alpha value is -3.68. The summed E-state index contributed by atoms with van der Waals surface area (Å²) in [6.45, 7) is 13.8. The summed E-state index contributed by atoms with van der Waals surface area (Å²) in [6.07, 6.45) is 4.44. The zero-order chi connectivity index (χ0) is 30.7. The molecule has 2 aliphatic rings. The lowest BCUT2D eigenvalue weighted by Gasteiger charge is -2.47. The van der Waals surface area contributed by atoms with Crippen LogP contribution >= 0.6 is 0 Å². The number of hydrogen-bond donors (Lipinski definition) is 3. The van der Waals surface area contributed by atoms with E-state index in [1.807, 2.05) is 41.3 Å². The quantitative estimate of drug-likeness (QED) is 0.235. The molecule has 8 nitrogen and oxygen atoms in total. The van der Waals surface area contributed by atoms with Gasteiger partial charge in [0.1, 0.15) is 23.0 Å². The summed E-state index contributed by atoms with van der Waals surface area (Å²) in [5.74, 6) is 1.24. The maximum absolute atomic E-state index is 14.3. The van der Waals surface area contributed by atoms with E-state index in [1.54, 1.807) is 12.1 Å². The van der Waals surface area contributed by atoms with E-state index < -0.39 is 5.66 Å². The highest BCUT2D eigenvalue weighted by molar-refractivity contribution is 6.46. The van der Waals surface area contributed by atoms with Crippen molar-refractivity contribution in [3.8, 4) is 5.75 Å². The van der Waals surface area contributed by atoms with E-state index in [2.05, 4.69) is 46.9 Å². The molecule has 2 amide bonds. The maximum Gasteiger partial charge on any atom is 0.275 e. The molecule has 0 aromatic heterocycles. The van der Waals surface area contributed by atoms with Gasteiger partial charge in [0.05, 0.1) is 19.2 Å². The second-order valence-electron chi connectivity index (χ2n) is 13.4. The van der Waals surface area contributed by atoms with Crippen molar-refractivity contribution >= 4 is 23.4 Å². The van der Waals surface area contributed by atoms with Crippen molar-refractivity contribution in [2.24, 2.45) is 28.0 Å². The molecule has 226 valence electrons. The van der Waals surface area contributed by atoms with Gasteiger partial charge in [0.25, 0.3) is 11.8 Å². The summed E-state index contributed by atoms with van der Waals surface area (Å²) in [5.41, 5.74) is 7.75. The van der Waals surface area contributed by atoms with E-state index >= 15 is 0 Å². The van der Waals surface area contributed by atoms with E-state index in [-0.39, 0.29) is 35.7 Å². The Morgan fingerprint density at radius 1 is 1.12 bits per heavy atom. The number of amidine groups is 1. The Kier molecular flexibility index (Phi) is 9.43. The molecule has 0 saturated heterocycles. The molecule has 1 aliphatic heterocycles. The number of ether oxygens (including phenoxy) is 1.